The molecule has 0 aliphatic carbocycles. The smallest absolute Gasteiger partial charge is 0.301 e. The number of amides is 1. The first-order chi connectivity index (χ1) is 7.42. The number of rotatable bonds is 1. The minimum atomic E-state index is -3.92. The van der Waals surface area contributed by atoms with Crippen LogP contribution in [0.15, 0.2) is 30.0 Å². The number of sulfonamides is 1. The second kappa shape index (κ2) is 3.34. The summed E-state index contributed by atoms with van der Waals surface area (Å²) in [5.41, 5.74) is 1.25. The third-order valence-corrected chi connectivity index (χ3v) is 3.66. The summed E-state index contributed by atoms with van der Waals surface area (Å²) >= 11 is 0. The lowest BCUT2D eigenvalue weighted by atomic mass is 10.1. The number of hydrogen-bond donors (Lipinski definition) is 2. The van der Waals surface area contributed by atoms with Crippen LogP contribution in [0.4, 0.5) is 0 Å². The van der Waals surface area contributed by atoms with E-state index < -0.39 is 21.7 Å². The third kappa shape index (κ3) is 1.57. The molecule has 2 N–H and O–H groups in total. The van der Waals surface area contributed by atoms with Gasteiger partial charge in [-0.05, 0) is 12.5 Å². The molecule has 6 heteroatoms. The molecule has 84 valence electrons. The Kier molecular flexibility index (Phi) is 2.23. The van der Waals surface area contributed by atoms with Gasteiger partial charge in [0.2, 0.25) is 5.76 Å². The lowest BCUT2D eigenvalue weighted by Crippen LogP contribution is -2.23. The van der Waals surface area contributed by atoms with Gasteiger partial charge in [-0.25, -0.2) is 13.1 Å². The van der Waals surface area contributed by atoms with Crippen molar-refractivity contribution < 1.29 is 18.3 Å². The van der Waals surface area contributed by atoms with Gasteiger partial charge in [0, 0.05) is 0 Å². The van der Waals surface area contributed by atoms with Crippen LogP contribution in [0.3, 0.4) is 0 Å². The van der Waals surface area contributed by atoms with E-state index in [0.29, 0.717) is 5.56 Å². The van der Waals surface area contributed by atoms with Crippen LogP contribution in [0, 0.1) is 6.92 Å². The Labute approximate surface area is 92.5 Å². The van der Waals surface area contributed by atoms with Gasteiger partial charge >= 0.3 is 5.91 Å². The molecule has 0 aromatic heterocycles. The van der Waals surface area contributed by atoms with E-state index in [-0.39, 0.29) is 4.91 Å². The molecule has 0 unspecified atom stereocenters. The highest BCUT2D eigenvalue weighted by atomic mass is 32.2. The van der Waals surface area contributed by atoms with Crippen LogP contribution < -0.4 is 4.72 Å². The summed E-state index contributed by atoms with van der Waals surface area (Å²) in [7, 11) is -3.92. The second-order valence-electron chi connectivity index (χ2n) is 3.48. The van der Waals surface area contributed by atoms with E-state index in [2.05, 4.69) is 0 Å². The van der Waals surface area contributed by atoms with Crippen LogP contribution in [0.1, 0.15) is 11.1 Å². The predicted molar refractivity (Wildman–Crippen MR) is 57.8 cm³/mol. The minimum Gasteiger partial charge on any atom is -0.502 e. The number of benzene rings is 1. The molecule has 1 aromatic carbocycles. The standard InChI is InChI=1S/C10H9NO4S/c1-6-2-4-7(5-3-6)9-8(12)10(13)11-16(9,14)15/h2-5,12H,1H3,(H,11,13). The average molecular weight is 239 g/mol. The molecule has 0 bridgehead atoms. The van der Waals surface area contributed by atoms with Crippen LogP contribution in [-0.2, 0) is 14.8 Å². The zero-order chi connectivity index (χ0) is 11.9. The molecule has 5 nitrogen and oxygen atoms in total. The van der Waals surface area contributed by atoms with Crippen LogP contribution in [0.25, 0.3) is 4.91 Å². The first kappa shape index (κ1) is 10.7. The van der Waals surface area contributed by atoms with Gasteiger partial charge in [-0.3, -0.25) is 4.79 Å². The van der Waals surface area contributed by atoms with Gasteiger partial charge in [-0.15, -0.1) is 0 Å². The maximum atomic E-state index is 11.5. The summed E-state index contributed by atoms with van der Waals surface area (Å²) in [5.74, 6) is -1.75. The quantitative estimate of drug-likeness (QED) is 0.755. The summed E-state index contributed by atoms with van der Waals surface area (Å²) in [6, 6.07) is 6.49. The van der Waals surface area contributed by atoms with Crippen LogP contribution >= 0.6 is 0 Å². The topological polar surface area (TPSA) is 83.5 Å². The number of carbonyl (C=O) groups excluding carboxylic acids is 1. The van der Waals surface area contributed by atoms with E-state index in [4.69, 9.17) is 0 Å². The Morgan fingerprint density at radius 3 is 2.19 bits per heavy atom. The monoisotopic (exact) mass is 239 g/mol. The lowest BCUT2D eigenvalue weighted by Gasteiger charge is -2.02. The molecular formula is C10H9NO4S. The molecular weight excluding hydrogens is 230 g/mol. The summed E-state index contributed by atoms with van der Waals surface area (Å²) in [4.78, 5) is 10.7. The van der Waals surface area contributed by atoms with Gasteiger partial charge in [0.1, 0.15) is 4.91 Å². The molecule has 0 atom stereocenters. The molecule has 0 saturated carbocycles. The SMILES string of the molecule is Cc1ccc(C2=C(O)C(=O)NS2(=O)=O)cc1. The maximum absolute atomic E-state index is 11.5. The number of hydrogen-bond acceptors (Lipinski definition) is 4. The lowest BCUT2D eigenvalue weighted by molar-refractivity contribution is -0.117. The van der Waals surface area contributed by atoms with Gasteiger partial charge in [0.25, 0.3) is 10.0 Å². The Bertz CT molecular complexity index is 584. The minimum absolute atomic E-state index is 0.293. The molecule has 1 aliphatic rings. The van der Waals surface area contributed by atoms with E-state index in [1.165, 1.54) is 0 Å². The van der Waals surface area contributed by atoms with Crippen LogP contribution in [0.2, 0.25) is 0 Å². The van der Waals surface area contributed by atoms with Crippen molar-refractivity contribution in [2.75, 3.05) is 0 Å². The van der Waals surface area contributed by atoms with Crippen molar-refractivity contribution in [2.45, 2.75) is 6.92 Å². The number of carbonyl (C=O) groups is 1. The average Bonchev–Trinajstić information content (AvgIpc) is 2.39. The highest BCUT2D eigenvalue weighted by Gasteiger charge is 2.36. The van der Waals surface area contributed by atoms with Gasteiger partial charge in [0.05, 0.1) is 0 Å². The zero-order valence-corrected chi connectivity index (χ0v) is 9.21. The van der Waals surface area contributed by atoms with Crippen LogP contribution in [0.5, 0.6) is 0 Å². The van der Waals surface area contributed by atoms with E-state index >= 15 is 0 Å². The van der Waals surface area contributed by atoms with Gasteiger partial charge in [-0.2, -0.15) is 0 Å². The molecule has 0 saturated heterocycles. The summed E-state index contributed by atoms with van der Waals surface area (Å²) in [6.07, 6.45) is 0. The Morgan fingerprint density at radius 2 is 1.75 bits per heavy atom. The highest BCUT2D eigenvalue weighted by Crippen LogP contribution is 2.27. The predicted octanol–water partition coefficient (Wildman–Crippen LogP) is 0.681. The molecule has 1 heterocycles. The molecule has 0 fully saturated rings. The van der Waals surface area contributed by atoms with Crippen molar-refractivity contribution in [1.29, 1.82) is 0 Å². The number of nitrogens with one attached hydrogen (secondary N) is 1. The molecule has 1 aliphatic heterocycles. The molecule has 0 radical (unpaired) electrons. The Hall–Kier alpha value is -1.82. The zero-order valence-electron chi connectivity index (χ0n) is 8.39. The Morgan fingerprint density at radius 1 is 1.19 bits per heavy atom. The van der Waals surface area contributed by atoms with E-state index in [1.54, 1.807) is 29.0 Å². The fraction of sp³-hybridized carbons (Fsp3) is 0.100. The molecule has 1 aromatic rings. The van der Waals surface area contributed by atoms with E-state index in [1.807, 2.05) is 6.92 Å². The fourth-order valence-electron chi connectivity index (χ4n) is 1.45. The van der Waals surface area contributed by atoms with Crippen molar-refractivity contribution in [2.24, 2.45) is 0 Å². The van der Waals surface area contributed by atoms with Crippen molar-refractivity contribution in [3.8, 4) is 0 Å². The summed E-state index contributed by atoms with van der Waals surface area (Å²) in [6.45, 7) is 1.85. The largest absolute Gasteiger partial charge is 0.502 e. The van der Waals surface area contributed by atoms with Crippen molar-refractivity contribution in [1.82, 2.24) is 4.72 Å². The maximum Gasteiger partial charge on any atom is 0.301 e. The highest BCUT2D eigenvalue weighted by molar-refractivity contribution is 8.00. The number of aliphatic hydroxyl groups is 1. The van der Waals surface area contributed by atoms with Crippen molar-refractivity contribution in [3.63, 3.8) is 0 Å². The molecule has 16 heavy (non-hydrogen) atoms. The third-order valence-electron chi connectivity index (χ3n) is 2.24. The van der Waals surface area contributed by atoms with E-state index in [0.717, 1.165) is 5.56 Å². The first-order valence-electron chi connectivity index (χ1n) is 4.49. The molecule has 2 rings (SSSR count). The number of aryl methyl sites for hydroxylation is 1. The van der Waals surface area contributed by atoms with Gasteiger partial charge in [0.15, 0.2) is 0 Å². The summed E-state index contributed by atoms with van der Waals surface area (Å²) in [5, 5.41) is 9.40. The number of aliphatic hydroxyl groups excluding tert-OH is 1. The Balaban J connectivity index is 2.64. The van der Waals surface area contributed by atoms with Crippen LogP contribution in [-0.4, -0.2) is 19.4 Å². The summed E-state index contributed by atoms with van der Waals surface area (Å²) < 4.78 is 24.8. The second-order valence-corrected chi connectivity index (χ2v) is 5.10. The van der Waals surface area contributed by atoms with Crippen molar-refractivity contribution >= 4 is 20.8 Å². The van der Waals surface area contributed by atoms with Crippen molar-refractivity contribution in [3.05, 3.63) is 41.2 Å². The molecule has 0 spiro atoms. The van der Waals surface area contributed by atoms with E-state index in [9.17, 15) is 18.3 Å². The fourth-order valence-corrected chi connectivity index (χ4v) is 2.69. The van der Waals surface area contributed by atoms with Gasteiger partial charge < -0.3 is 5.11 Å². The van der Waals surface area contributed by atoms with Gasteiger partial charge in [-0.1, -0.05) is 29.8 Å². The molecule has 1 amide bonds. The first-order valence-corrected chi connectivity index (χ1v) is 5.97. The normalized spacial score (nSPS) is 18.7.